The second-order valence-electron chi connectivity index (χ2n) is 9.08. The van der Waals surface area contributed by atoms with Gasteiger partial charge in [0, 0.05) is 42.4 Å². The molecule has 6 nitrogen and oxygen atoms in total. The molecular weight excluding hydrogens is 466 g/mol. The highest BCUT2D eigenvalue weighted by Gasteiger charge is 2.41. The molecule has 1 fully saturated rings. The van der Waals surface area contributed by atoms with Gasteiger partial charge in [-0.15, -0.1) is 0 Å². The van der Waals surface area contributed by atoms with Crippen LogP contribution in [0.25, 0.3) is 5.69 Å². The number of thiocarbonyl (C=S) groups is 1. The van der Waals surface area contributed by atoms with Crippen molar-refractivity contribution in [2.24, 2.45) is 0 Å². The molecule has 2 aromatic carbocycles. The zero-order chi connectivity index (χ0) is 25.1. The number of para-hydroxylation sites is 1. The highest BCUT2D eigenvalue weighted by atomic mass is 32.1. The normalized spacial score (nSPS) is 17.2. The van der Waals surface area contributed by atoms with Crippen LogP contribution < -0.4 is 10.6 Å². The number of anilines is 1. The van der Waals surface area contributed by atoms with Crippen LogP contribution in [0.5, 0.6) is 0 Å². The zero-order valence-corrected chi connectivity index (χ0v) is 21.2. The fourth-order valence-corrected chi connectivity index (χ4v) is 5.10. The number of pyridine rings is 1. The number of aryl methyl sites for hydroxylation is 2. The van der Waals surface area contributed by atoms with Crippen LogP contribution in [-0.2, 0) is 4.79 Å². The molecule has 0 saturated carbocycles. The minimum atomic E-state index is -0.142. The van der Waals surface area contributed by atoms with E-state index < -0.39 is 0 Å². The van der Waals surface area contributed by atoms with Crippen molar-refractivity contribution in [3.05, 3.63) is 114 Å². The summed E-state index contributed by atoms with van der Waals surface area (Å²) in [5, 5.41) is 7.14. The Bertz CT molecular complexity index is 1380. The number of hydrogen-bond donors (Lipinski definition) is 2. The number of carbonyl (C=O) groups is 1. The van der Waals surface area contributed by atoms with Crippen LogP contribution in [0.1, 0.15) is 41.0 Å². The predicted octanol–water partition coefficient (Wildman–Crippen LogP) is 5.49. The van der Waals surface area contributed by atoms with Crippen LogP contribution in [0, 0.1) is 13.8 Å². The number of nitrogens with zero attached hydrogens (tertiary/aromatic N) is 3. The number of hydrogen-bond acceptors (Lipinski definition) is 3. The number of rotatable bonds is 7. The molecule has 182 valence electrons. The number of benzene rings is 2. The Balaban J connectivity index is 1.45. The van der Waals surface area contributed by atoms with Gasteiger partial charge in [0.2, 0.25) is 5.91 Å². The topological polar surface area (TPSA) is 62.2 Å². The molecule has 0 radical (unpaired) electrons. The lowest BCUT2D eigenvalue weighted by Crippen LogP contribution is -2.33. The van der Waals surface area contributed by atoms with E-state index >= 15 is 0 Å². The maximum absolute atomic E-state index is 12.9. The summed E-state index contributed by atoms with van der Waals surface area (Å²) in [6.07, 6.45) is 4.19. The van der Waals surface area contributed by atoms with Gasteiger partial charge >= 0.3 is 0 Å². The summed E-state index contributed by atoms with van der Waals surface area (Å²) in [6.45, 7) is 4.56. The first-order valence-electron chi connectivity index (χ1n) is 12.1. The maximum Gasteiger partial charge on any atom is 0.226 e. The predicted molar refractivity (Wildman–Crippen MR) is 147 cm³/mol. The molecule has 1 amide bonds. The molecule has 1 saturated heterocycles. The average Bonchev–Trinajstić information content (AvgIpc) is 3.49. The molecule has 4 aromatic rings. The molecule has 1 aliphatic heterocycles. The van der Waals surface area contributed by atoms with E-state index in [0.29, 0.717) is 18.1 Å². The summed E-state index contributed by atoms with van der Waals surface area (Å²) in [6, 6.07) is 26.0. The standard InChI is InChI=1S/C29H29N5OS/c1-20-9-7-11-22(19-20)33-17-8-14-25(33)28-27(24-13-5-6-16-30-24)32-29(36)34(28)18-15-26(35)31-23-12-4-3-10-21(23)2/h3-14,16-17,19,27-28H,15,18H2,1-2H3,(H,31,35)(H,32,36)/t27-,28+/m1/s1. The zero-order valence-electron chi connectivity index (χ0n) is 20.4. The summed E-state index contributed by atoms with van der Waals surface area (Å²) in [5.74, 6) is -0.0406. The van der Waals surface area contributed by atoms with Crippen LogP contribution in [-0.4, -0.2) is 32.0 Å². The van der Waals surface area contributed by atoms with Crippen molar-refractivity contribution in [1.82, 2.24) is 19.8 Å². The van der Waals surface area contributed by atoms with Gasteiger partial charge in [0.25, 0.3) is 0 Å². The van der Waals surface area contributed by atoms with Gasteiger partial charge in [-0.3, -0.25) is 9.78 Å². The smallest absolute Gasteiger partial charge is 0.226 e. The summed E-state index contributed by atoms with van der Waals surface area (Å²) in [4.78, 5) is 19.6. The van der Waals surface area contributed by atoms with E-state index in [4.69, 9.17) is 12.2 Å². The quantitative estimate of drug-likeness (QED) is 0.332. The van der Waals surface area contributed by atoms with Crippen molar-refractivity contribution < 1.29 is 4.79 Å². The Labute approximate surface area is 217 Å². The van der Waals surface area contributed by atoms with E-state index in [2.05, 4.69) is 74.6 Å². The third-order valence-corrected chi connectivity index (χ3v) is 6.91. The van der Waals surface area contributed by atoms with E-state index in [9.17, 15) is 4.79 Å². The molecular formula is C29H29N5OS. The average molecular weight is 496 g/mol. The number of aromatic nitrogens is 2. The molecule has 2 atom stereocenters. The van der Waals surface area contributed by atoms with Crippen LogP contribution >= 0.6 is 12.2 Å². The van der Waals surface area contributed by atoms with Gasteiger partial charge in [0.05, 0.1) is 17.8 Å². The largest absolute Gasteiger partial charge is 0.352 e. The van der Waals surface area contributed by atoms with Crippen LogP contribution in [0.2, 0.25) is 0 Å². The van der Waals surface area contributed by atoms with Crippen molar-refractivity contribution in [3.8, 4) is 5.69 Å². The van der Waals surface area contributed by atoms with E-state index in [1.54, 1.807) is 6.20 Å². The Morgan fingerprint density at radius 2 is 1.86 bits per heavy atom. The van der Waals surface area contributed by atoms with Crippen LogP contribution in [0.4, 0.5) is 5.69 Å². The molecule has 5 rings (SSSR count). The molecule has 2 aromatic heterocycles. The van der Waals surface area contributed by atoms with Gasteiger partial charge in [-0.25, -0.2) is 0 Å². The maximum atomic E-state index is 12.9. The fourth-order valence-electron chi connectivity index (χ4n) is 4.76. The SMILES string of the molecule is Cc1cccc(-n2cccc2[C@H]2[C@@H](c3ccccn3)NC(=S)N2CCC(=O)Nc2ccccc2C)c1. The highest BCUT2D eigenvalue weighted by Crippen LogP contribution is 2.39. The monoisotopic (exact) mass is 495 g/mol. The Morgan fingerprint density at radius 1 is 1.03 bits per heavy atom. The molecule has 7 heteroatoms. The second-order valence-corrected chi connectivity index (χ2v) is 9.46. The van der Waals surface area contributed by atoms with Crippen molar-refractivity contribution >= 4 is 28.9 Å². The Kier molecular flexibility index (Phi) is 6.82. The van der Waals surface area contributed by atoms with Crippen LogP contribution in [0.3, 0.4) is 0 Å². The first-order valence-corrected chi connectivity index (χ1v) is 12.5. The minimum absolute atomic E-state index is 0.0406. The summed E-state index contributed by atoms with van der Waals surface area (Å²) in [7, 11) is 0. The lowest BCUT2D eigenvalue weighted by Gasteiger charge is -2.29. The lowest BCUT2D eigenvalue weighted by molar-refractivity contribution is -0.116. The summed E-state index contributed by atoms with van der Waals surface area (Å²) < 4.78 is 2.20. The molecule has 1 aliphatic rings. The van der Waals surface area contributed by atoms with E-state index in [-0.39, 0.29) is 18.0 Å². The molecule has 2 N–H and O–H groups in total. The number of nitrogens with one attached hydrogen (secondary N) is 2. The van der Waals surface area contributed by atoms with Crippen LogP contribution in [0.15, 0.2) is 91.3 Å². The minimum Gasteiger partial charge on any atom is -0.352 e. The fraction of sp³-hybridized carbons (Fsp3) is 0.207. The van der Waals surface area contributed by atoms with Crippen molar-refractivity contribution in [2.45, 2.75) is 32.4 Å². The molecule has 0 unspecified atom stereocenters. The summed E-state index contributed by atoms with van der Waals surface area (Å²) >= 11 is 5.80. The van der Waals surface area contributed by atoms with Gasteiger partial charge in [0.1, 0.15) is 0 Å². The van der Waals surface area contributed by atoms with Gasteiger partial charge < -0.3 is 20.1 Å². The molecule has 0 spiro atoms. The van der Waals surface area contributed by atoms with Gasteiger partial charge in [-0.2, -0.15) is 0 Å². The van der Waals surface area contributed by atoms with E-state index in [1.807, 2.05) is 49.4 Å². The third-order valence-electron chi connectivity index (χ3n) is 6.56. The molecule has 0 aliphatic carbocycles. The van der Waals surface area contributed by atoms with E-state index in [0.717, 1.165) is 28.3 Å². The Hall–Kier alpha value is -3.97. The highest BCUT2D eigenvalue weighted by molar-refractivity contribution is 7.80. The van der Waals surface area contributed by atoms with Gasteiger partial charge in [-0.1, -0.05) is 36.4 Å². The first-order chi connectivity index (χ1) is 17.5. The molecule has 36 heavy (non-hydrogen) atoms. The second kappa shape index (κ2) is 10.3. The number of amides is 1. The van der Waals surface area contributed by atoms with Crippen molar-refractivity contribution in [2.75, 3.05) is 11.9 Å². The van der Waals surface area contributed by atoms with E-state index in [1.165, 1.54) is 5.56 Å². The first kappa shape index (κ1) is 23.8. The molecule has 3 heterocycles. The molecule has 0 bridgehead atoms. The lowest BCUT2D eigenvalue weighted by atomic mass is 10.0. The summed E-state index contributed by atoms with van der Waals surface area (Å²) in [5.41, 5.74) is 6.15. The Morgan fingerprint density at radius 3 is 2.64 bits per heavy atom. The third kappa shape index (κ3) is 4.88. The number of carbonyl (C=O) groups excluding carboxylic acids is 1. The van der Waals surface area contributed by atoms with Crippen molar-refractivity contribution in [1.29, 1.82) is 0 Å². The van der Waals surface area contributed by atoms with Gasteiger partial charge in [0.15, 0.2) is 5.11 Å². The van der Waals surface area contributed by atoms with Crippen molar-refractivity contribution in [3.63, 3.8) is 0 Å². The van der Waals surface area contributed by atoms with Gasteiger partial charge in [-0.05, 0) is 79.7 Å².